The Morgan fingerprint density at radius 3 is 2.86 bits per heavy atom. The first-order valence-electron chi connectivity index (χ1n) is 5.29. The van der Waals surface area contributed by atoms with Crippen LogP contribution in [0.2, 0.25) is 0 Å². The molecule has 1 aliphatic heterocycles. The molecule has 0 atom stereocenters. The van der Waals surface area contributed by atoms with Crippen LogP contribution in [-0.2, 0) is 9.53 Å². The Morgan fingerprint density at radius 2 is 2.21 bits per heavy atom. The van der Waals surface area contributed by atoms with Crippen LogP contribution in [-0.4, -0.2) is 39.3 Å². The molecule has 0 aromatic heterocycles. The van der Waals surface area contributed by atoms with E-state index in [2.05, 4.69) is 10.6 Å². The van der Waals surface area contributed by atoms with Crippen molar-refractivity contribution < 1.29 is 9.53 Å². The molecule has 0 radical (unpaired) electrons. The second-order valence-corrected chi connectivity index (χ2v) is 3.77. The molecule has 1 heterocycles. The minimum absolute atomic E-state index is 0.0126. The van der Waals surface area contributed by atoms with E-state index in [1.165, 1.54) is 20.0 Å². The van der Waals surface area contributed by atoms with E-state index in [9.17, 15) is 4.79 Å². The number of nitrogens with one attached hydrogen (secondary N) is 2. The molecule has 0 spiro atoms. The van der Waals surface area contributed by atoms with Crippen molar-refractivity contribution >= 4 is 5.91 Å². The summed E-state index contributed by atoms with van der Waals surface area (Å²) in [6.45, 7) is 3.20. The number of ether oxygens (including phenoxy) is 1. The molecule has 14 heavy (non-hydrogen) atoms. The van der Waals surface area contributed by atoms with Gasteiger partial charge in [-0.3, -0.25) is 4.79 Å². The van der Waals surface area contributed by atoms with Gasteiger partial charge in [0.1, 0.15) is 6.61 Å². The Bertz CT molecular complexity index is 168. The normalized spacial score (nSPS) is 18.1. The minimum atomic E-state index is -0.0126. The molecule has 0 unspecified atom stereocenters. The van der Waals surface area contributed by atoms with Crippen molar-refractivity contribution in [3.63, 3.8) is 0 Å². The van der Waals surface area contributed by atoms with Crippen LogP contribution in [0.1, 0.15) is 19.3 Å². The molecule has 1 amide bonds. The number of piperidine rings is 1. The average molecular weight is 200 g/mol. The summed E-state index contributed by atoms with van der Waals surface area (Å²) in [6, 6.07) is 0. The number of amides is 1. The third kappa shape index (κ3) is 4.58. The molecule has 4 nitrogen and oxygen atoms in total. The summed E-state index contributed by atoms with van der Waals surface area (Å²) >= 11 is 0. The highest BCUT2D eigenvalue weighted by atomic mass is 16.5. The molecular weight excluding hydrogens is 180 g/mol. The fraction of sp³-hybridized carbons (Fsp3) is 0.900. The summed E-state index contributed by atoms with van der Waals surface area (Å²) in [5, 5.41) is 6.17. The smallest absolute Gasteiger partial charge is 0.245 e. The number of hydrogen-bond acceptors (Lipinski definition) is 3. The van der Waals surface area contributed by atoms with Gasteiger partial charge in [0.25, 0.3) is 0 Å². The van der Waals surface area contributed by atoms with Crippen molar-refractivity contribution in [1.29, 1.82) is 0 Å². The standard InChI is InChI=1S/C10H20N2O2/c1-14-8-10(13)12-7-4-9-2-5-11-6-3-9/h9,11H,2-8H2,1H3,(H,12,13). The van der Waals surface area contributed by atoms with Gasteiger partial charge in [0.05, 0.1) is 0 Å². The lowest BCUT2D eigenvalue weighted by Crippen LogP contribution is -2.32. The predicted octanol–water partition coefficient (Wildman–Crippen LogP) is 0.139. The molecule has 1 saturated heterocycles. The highest BCUT2D eigenvalue weighted by molar-refractivity contribution is 5.77. The van der Waals surface area contributed by atoms with E-state index in [-0.39, 0.29) is 12.5 Å². The quantitative estimate of drug-likeness (QED) is 0.663. The molecular formula is C10H20N2O2. The summed E-state index contributed by atoms with van der Waals surface area (Å²) in [5.41, 5.74) is 0. The molecule has 82 valence electrons. The van der Waals surface area contributed by atoms with Gasteiger partial charge in [-0.05, 0) is 38.3 Å². The van der Waals surface area contributed by atoms with Crippen LogP contribution in [0, 0.1) is 5.92 Å². The van der Waals surface area contributed by atoms with Crippen molar-refractivity contribution in [3.8, 4) is 0 Å². The summed E-state index contributed by atoms with van der Waals surface area (Å²) in [7, 11) is 1.53. The molecule has 0 bridgehead atoms. The van der Waals surface area contributed by atoms with Crippen LogP contribution in [0.25, 0.3) is 0 Å². The second kappa shape index (κ2) is 6.79. The first-order chi connectivity index (χ1) is 6.83. The molecule has 0 aliphatic carbocycles. The van der Waals surface area contributed by atoms with Crippen molar-refractivity contribution in [3.05, 3.63) is 0 Å². The first-order valence-corrected chi connectivity index (χ1v) is 5.29. The summed E-state index contributed by atoms with van der Waals surface area (Å²) < 4.78 is 4.72. The van der Waals surface area contributed by atoms with Crippen LogP contribution >= 0.6 is 0 Å². The van der Waals surface area contributed by atoms with Crippen molar-refractivity contribution in [1.82, 2.24) is 10.6 Å². The average Bonchev–Trinajstić information content (AvgIpc) is 2.20. The highest BCUT2D eigenvalue weighted by Crippen LogP contribution is 2.14. The molecule has 0 saturated carbocycles. The predicted molar refractivity (Wildman–Crippen MR) is 55.1 cm³/mol. The Morgan fingerprint density at radius 1 is 1.50 bits per heavy atom. The fourth-order valence-electron chi connectivity index (χ4n) is 1.77. The van der Waals surface area contributed by atoms with Crippen molar-refractivity contribution in [2.75, 3.05) is 33.4 Å². The number of rotatable bonds is 5. The Labute approximate surface area is 85.4 Å². The summed E-state index contributed by atoms with van der Waals surface area (Å²) in [5.74, 6) is 0.764. The van der Waals surface area contributed by atoms with E-state index in [1.807, 2.05) is 0 Å². The van der Waals surface area contributed by atoms with Crippen LogP contribution in [0.3, 0.4) is 0 Å². The van der Waals surface area contributed by atoms with Crippen molar-refractivity contribution in [2.24, 2.45) is 5.92 Å². The van der Waals surface area contributed by atoms with Gasteiger partial charge < -0.3 is 15.4 Å². The zero-order valence-corrected chi connectivity index (χ0v) is 8.84. The van der Waals surface area contributed by atoms with Gasteiger partial charge in [0.2, 0.25) is 5.91 Å². The largest absolute Gasteiger partial charge is 0.375 e. The van der Waals surface area contributed by atoms with Crippen molar-refractivity contribution in [2.45, 2.75) is 19.3 Å². The van der Waals surface area contributed by atoms with E-state index in [4.69, 9.17) is 4.74 Å². The third-order valence-corrected chi connectivity index (χ3v) is 2.61. The second-order valence-electron chi connectivity index (χ2n) is 3.77. The maximum atomic E-state index is 11.0. The Balaban J connectivity index is 1.99. The lowest BCUT2D eigenvalue weighted by molar-refractivity contribution is -0.124. The lowest BCUT2D eigenvalue weighted by atomic mass is 9.95. The first kappa shape index (κ1) is 11.5. The topological polar surface area (TPSA) is 50.4 Å². The summed E-state index contributed by atoms with van der Waals surface area (Å²) in [6.07, 6.45) is 3.57. The number of carbonyl (C=O) groups is 1. The Hall–Kier alpha value is -0.610. The van der Waals surface area contributed by atoms with Gasteiger partial charge in [0, 0.05) is 13.7 Å². The molecule has 4 heteroatoms. The monoisotopic (exact) mass is 200 g/mol. The molecule has 1 aliphatic rings. The van der Waals surface area contributed by atoms with Crippen LogP contribution in [0.5, 0.6) is 0 Å². The Kier molecular flexibility index (Phi) is 5.56. The van der Waals surface area contributed by atoms with Gasteiger partial charge >= 0.3 is 0 Å². The maximum Gasteiger partial charge on any atom is 0.245 e. The number of hydrogen-bond donors (Lipinski definition) is 2. The molecule has 0 aromatic rings. The van der Waals surface area contributed by atoms with Gasteiger partial charge in [-0.25, -0.2) is 0 Å². The zero-order chi connectivity index (χ0) is 10.2. The van der Waals surface area contributed by atoms with Crippen LogP contribution in [0.4, 0.5) is 0 Å². The van der Waals surface area contributed by atoms with Gasteiger partial charge in [-0.2, -0.15) is 0 Å². The SMILES string of the molecule is COCC(=O)NCCC1CCNCC1. The highest BCUT2D eigenvalue weighted by Gasteiger charge is 2.12. The van der Waals surface area contributed by atoms with E-state index in [0.717, 1.165) is 32.0 Å². The molecule has 1 rings (SSSR count). The van der Waals surface area contributed by atoms with Gasteiger partial charge in [-0.15, -0.1) is 0 Å². The number of carbonyl (C=O) groups excluding carboxylic acids is 1. The van der Waals surface area contributed by atoms with E-state index >= 15 is 0 Å². The van der Waals surface area contributed by atoms with Crippen LogP contribution < -0.4 is 10.6 Å². The zero-order valence-electron chi connectivity index (χ0n) is 8.84. The van der Waals surface area contributed by atoms with Crippen LogP contribution in [0.15, 0.2) is 0 Å². The lowest BCUT2D eigenvalue weighted by Gasteiger charge is -2.22. The fourth-order valence-corrected chi connectivity index (χ4v) is 1.77. The van der Waals surface area contributed by atoms with Gasteiger partial charge in [0.15, 0.2) is 0 Å². The molecule has 0 aromatic carbocycles. The van der Waals surface area contributed by atoms with E-state index < -0.39 is 0 Å². The van der Waals surface area contributed by atoms with E-state index in [1.54, 1.807) is 0 Å². The number of methoxy groups -OCH3 is 1. The third-order valence-electron chi connectivity index (χ3n) is 2.61. The molecule has 1 fully saturated rings. The van der Waals surface area contributed by atoms with E-state index in [0.29, 0.717) is 0 Å². The maximum absolute atomic E-state index is 11.0. The van der Waals surface area contributed by atoms with Gasteiger partial charge in [-0.1, -0.05) is 0 Å². The minimum Gasteiger partial charge on any atom is -0.375 e. The summed E-state index contributed by atoms with van der Waals surface area (Å²) in [4.78, 5) is 11.0. The molecule has 2 N–H and O–H groups in total.